The molecule has 7 heteroatoms. The van der Waals surface area contributed by atoms with Gasteiger partial charge in [0.05, 0.1) is 14.5 Å². The zero-order valence-electron chi connectivity index (χ0n) is 10.5. The van der Waals surface area contributed by atoms with Gasteiger partial charge in [0.25, 0.3) is 0 Å². The number of benzene rings is 1. The Morgan fingerprint density at radius 3 is 2.62 bits per heavy atom. The molecule has 0 unspecified atom stereocenters. The Balaban J connectivity index is 2.25. The Bertz CT molecular complexity index is 718. The quantitative estimate of drug-likeness (QED) is 0.828. The lowest BCUT2D eigenvalue weighted by Crippen LogP contribution is -2.02. The van der Waals surface area contributed by atoms with Gasteiger partial charge in [-0.15, -0.1) is 0 Å². The molecule has 0 aliphatic carbocycles. The lowest BCUT2D eigenvalue weighted by atomic mass is 10.2. The SMILES string of the molecule is N#Cc1ncccc1COc1c(Br)cc(C(=O)O)cc1Br. The summed E-state index contributed by atoms with van der Waals surface area (Å²) in [7, 11) is 0. The summed E-state index contributed by atoms with van der Waals surface area (Å²) >= 11 is 6.55. The molecule has 0 aliphatic rings. The van der Waals surface area contributed by atoms with Crippen molar-refractivity contribution in [3.63, 3.8) is 0 Å². The van der Waals surface area contributed by atoms with E-state index >= 15 is 0 Å². The molecular weight excluding hydrogens is 404 g/mol. The first kappa shape index (κ1) is 15.5. The minimum Gasteiger partial charge on any atom is -0.486 e. The third kappa shape index (κ3) is 3.60. The van der Waals surface area contributed by atoms with Crippen LogP contribution in [0.15, 0.2) is 39.4 Å². The Morgan fingerprint density at radius 2 is 2.05 bits per heavy atom. The van der Waals surface area contributed by atoms with E-state index in [1.165, 1.54) is 18.3 Å². The van der Waals surface area contributed by atoms with Gasteiger partial charge in [0.1, 0.15) is 24.1 Å². The number of carboxylic acids is 1. The number of pyridine rings is 1. The van der Waals surface area contributed by atoms with E-state index in [2.05, 4.69) is 36.8 Å². The molecule has 0 fully saturated rings. The first-order valence-corrected chi connectivity index (χ1v) is 7.30. The van der Waals surface area contributed by atoms with Crippen molar-refractivity contribution >= 4 is 37.8 Å². The second-order valence-corrected chi connectivity index (χ2v) is 5.69. The number of aromatic carboxylic acids is 1. The highest BCUT2D eigenvalue weighted by atomic mass is 79.9. The molecule has 0 aliphatic heterocycles. The van der Waals surface area contributed by atoms with Crippen LogP contribution in [0, 0.1) is 11.3 Å². The van der Waals surface area contributed by atoms with E-state index in [0.29, 0.717) is 26.0 Å². The molecule has 21 heavy (non-hydrogen) atoms. The van der Waals surface area contributed by atoms with Gasteiger partial charge < -0.3 is 9.84 Å². The molecule has 0 spiro atoms. The van der Waals surface area contributed by atoms with Crippen molar-refractivity contribution in [2.45, 2.75) is 6.61 Å². The number of hydrogen-bond acceptors (Lipinski definition) is 4. The van der Waals surface area contributed by atoms with Gasteiger partial charge in [-0.25, -0.2) is 9.78 Å². The predicted molar refractivity (Wildman–Crippen MR) is 82.1 cm³/mol. The Morgan fingerprint density at radius 1 is 1.38 bits per heavy atom. The van der Waals surface area contributed by atoms with Gasteiger partial charge in [-0.3, -0.25) is 0 Å². The van der Waals surface area contributed by atoms with Crippen molar-refractivity contribution in [1.29, 1.82) is 5.26 Å². The van der Waals surface area contributed by atoms with Gasteiger partial charge >= 0.3 is 5.97 Å². The van der Waals surface area contributed by atoms with Gasteiger partial charge in [-0.05, 0) is 50.1 Å². The number of halogens is 2. The second kappa shape index (κ2) is 6.70. The highest BCUT2D eigenvalue weighted by Gasteiger charge is 2.13. The monoisotopic (exact) mass is 410 g/mol. The number of nitrogens with zero attached hydrogens (tertiary/aromatic N) is 2. The molecule has 1 heterocycles. The van der Waals surface area contributed by atoms with Gasteiger partial charge in [-0.1, -0.05) is 6.07 Å². The molecule has 0 atom stereocenters. The van der Waals surface area contributed by atoms with Gasteiger partial charge in [0.2, 0.25) is 0 Å². The highest BCUT2D eigenvalue weighted by molar-refractivity contribution is 9.11. The molecule has 0 radical (unpaired) electrons. The third-order valence-corrected chi connectivity index (χ3v) is 3.79. The second-order valence-electron chi connectivity index (χ2n) is 3.99. The van der Waals surface area contributed by atoms with Crippen LogP contribution < -0.4 is 4.74 Å². The van der Waals surface area contributed by atoms with Crippen LogP contribution in [0.1, 0.15) is 21.6 Å². The maximum atomic E-state index is 11.0. The van der Waals surface area contributed by atoms with Crippen LogP contribution in [-0.2, 0) is 6.61 Å². The summed E-state index contributed by atoms with van der Waals surface area (Å²) in [4.78, 5) is 14.9. The van der Waals surface area contributed by atoms with Crippen LogP contribution in [-0.4, -0.2) is 16.1 Å². The molecule has 1 N–H and O–H groups in total. The Hall–Kier alpha value is -1.91. The number of nitriles is 1. The van der Waals surface area contributed by atoms with E-state index in [9.17, 15) is 4.79 Å². The van der Waals surface area contributed by atoms with Crippen LogP contribution in [0.2, 0.25) is 0 Å². The maximum absolute atomic E-state index is 11.0. The van der Waals surface area contributed by atoms with Crippen LogP contribution in [0.25, 0.3) is 0 Å². The summed E-state index contributed by atoms with van der Waals surface area (Å²) in [5, 5.41) is 17.9. The van der Waals surface area contributed by atoms with Crippen molar-refractivity contribution in [3.8, 4) is 11.8 Å². The largest absolute Gasteiger partial charge is 0.486 e. The number of carboxylic acid groups (broad SMARTS) is 1. The smallest absolute Gasteiger partial charge is 0.335 e. The van der Waals surface area contributed by atoms with Crippen LogP contribution in [0.5, 0.6) is 5.75 Å². The molecule has 106 valence electrons. The van der Waals surface area contributed by atoms with Crippen molar-refractivity contribution in [3.05, 3.63) is 56.2 Å². The summed E-state index contributed by atoms with van der Waals surface area (Å²) in [6.07, 6.45) is 1.54. The van der Waals surface area contributed by atoms with Gasteiger partial charge in [0.15, 0.2) is 0 Å². The number of ether oxygens (including phenoxy) is 1. The summed E-state index contributed by atoms with van der Waals surface area (Å²) in [6, 6.07) is 8.37. The number of carbonyl (C=O) groups is 1. The number of rotatable bonds is 4. The van der Waals surface area contributed by atoms with Gasteiger partial charge in [-0.2, -0.15) is 5.26 Å². The molecular formula is C14H8Br2N2O3. The Kier molecular flexibility index (Phi) is 4.94. The topological polar surface area (TPSA) is 83.2 Å². The van der Waals surface area contributed by atoms with E-state index in [1.807, 2.05) is 6.07 Å². The zero-order chi connectivity index (χ0) is 15.4. The summed E-state index contributed by atoms with van der Waals surface area (Å²) in [5.74, 6) is -0.560. The van der Waals surface area contributed by atoms with Gasteiger partial charge in [0, 0.05) is 11.8 Å². The average molecular weight is 412 g/mol. The Labute approximate surface area is 137 Å². The van der Waals surface area contributed by atoms with E-state index in [0.717, 1.165) is 0 Å². The zero-order valence-corrected chi connectivity index (χ0v) is 13.7. The average Bonchev–Trinajstić information content (AvgIpc) is 2.46. The van der Waals surface area contributed by atoms with Crippen LogP contribution >= 0.6 is 31.9 Å². The molecule has 1 aromatic carbocycles. The minimum atomic E-state index is -1.03. The van der Waals surface area contributed by atoms with E-state index in [-0.39, 0.29) is 12.2 Å². The lowest BCUT2D eigenvalue weighted by molar-refractivity contribution is 0.0696. The van der Waals surface area contributed by atoms with Crippen LogP contribution in [0.3, 0.4) is 0 Å². The molecule has 0 saturated carbocycles. The highest BCUT2D eigenvalue weighted by Crippen LogP contribution is 2.35. The fourth-order valence-corrected chi connectivity index (χ4v) is 3.04. The van der Waals surface area contributed by atoms with Crippen molar-refractivity contribution in [1.82, 2.24) is 4.98 Å². The minimum absolute atomic E-state index is 0.139. The summed E-state index contributed by atoms with van der Waals surface area (Å²) in [5.41, 5.74) is 1.09. The van der Waals surface area contributed by atoms with E-state index < -0.39 is 5.97 Å². The van der Waals surface area contributed by atoms with Crippen LogP contribution in [0.4, 0.5) is 0 Å². The van der Waals surface area contributed by atoms with Crippen molar-refractivity contribution < 1.29 is 14.6 Å². The fraction of sp³-hybridized carbons (Fsp3) is 0.0714. The first-order chi connectivity index (χ1) is 10.0. The van der Waals surface area contributed by atoms with Crippen molar-refractivity contribution in [2.24, 2.45) is 0 Å². The van der Waals surface area contributed by atoms with E-state index in [4.69, 9.17) is 15.1 Å². The number of aromatic nitrogens is 1. The maximum Gasteiger partial charge on any atom is 0.335 e. The lowest BCUT2D eigenvalue weighted by Gasteiger charge is -2.11. The molecule has 0 amide bonds. The molecule has 2 aromatic rings. The first-order valence-electron chi connectivity index (χ1n) is 5.72. The standard InChI is InChI=1S/C14H8Br2N2O3/c15-10-4-9(14(19)20)5-11(16)13(10)21-7-8-2-1-3-18-12(8)6-17/h1-5H,7H2,(H,19,20). The molecule has 0 saturated heterocycles. The summed E-state index contributed by atoms with van der Waals surface area (Å²) < 4.78 is 6.67. The third-order valence-electron chi connectivity index (χ3n) is 2.61. The molecule has 1 aromatic heterocycles. The normalized spacial score (nSPS) is 9.95. The number of hydrogen-bond donors (Lipinski definition) is 1. The molecule has 2 rings (SSSR count). The fourth-order valence-electron chi connectivity index (χ4n) is 1.63. The predicted octanol–water partition coefficient (Wildman–Crippen LogP) is 3.76. The van der Waals surface area contributed by atoms with E-state index in [1.54, 1.807) is 12.1 Å². The molecule has 5 nitrogen and oxygen atoms in total. The molecule has 0 bridgehead atoms. The van der Waals surface area contributed by atoms with Crippen molar-refractivity contribution in [2.75, 3.05) is 0 Å². The summed E-state index contributed by atoms with van der Waals surface area (Å²) in [6.45, 7) is 0.153.